The predicted molar refractivity (Wildman–Crippen MR) is 444 cm³/mol. The number of aliphatic hydroxyl groups excluding tert-OH is 16. The lowest BCUT2D eigenvalue weighted by molar-refractivity contribution is -0.366. The summed E-state index contributed by atoms with van der Waals surface area (Å²) in [6.07, 6.45) is -52.3. The Kier molecular flexibility index (Phi) is 39.3. The number of unbranched alkanes of at least 4 members (excludes halogenated alkanes) is 2. The van der Waals surface area contributed by atoms with Crippen molar-refractivity contribution in [1.82, 2.24) is 0 Å². The highest BCUT2D eigenvalue weighted by Crippen LogP contribution is 2.47. The van der Waals surface area contributed by atoms with E-state index in [4.69, 9.17) is 105 Å². The average molecular weight is 1840 g/mol. The molecule has 9 fully saturated rings. The van der Waals surface area contributed by atoms with Gasteiger partial charge in [-0.1, -0.05) is 165 Å². The van der Waals surface area contributed by atoms with Crippen molar-refractivity contribution in [2.24, 2.45) is 58.4 Å². The van der Waals surface area contributed by atoms with Gasteiger partial charge in [-0.15, -0.1) is 0 Å². The number of nitrogens with zero attached hydrogens (tertiary/aromatic N) is 3. The Morgan fingerprint density at radius 1 is 0.310 bits per heavy atom. The van der Waals surface area contributed by atoms with E-state index in [1.165, 1.54) is 0 Å². The van der Waals surface area contributed by atoms with Gasteiger partial charge in [-0.05, 0) is 52.8 Å². The molecule has 9 heterocycles. The summed E-state index contributed by atoms with van der Waals surface area (Å²) < 4.78 is 138. The van der Waals surface area contributed by atoms with Gasteiger partial charge in [-0.2, -0.15) is 0 Å². The van der Waals surface area contributed by atoms with Crippen LogP contribution in [0.2, 0.25) is 0 Å². The highest BCUT2D eigenvalue weighted by molar-refractivity contribution is 5.16. The van der Waals surface area contributed by atoms with Crippen molar-refractivity contribution in [2.45, 2.75) is 323 Å². The van der Waals surface area contributed by atoms with E-state index in [2.05, 4.69) is 10.0 Å². The molecule has 129 heavy (non-hydrogen) atoms. The number of aliphatic hydroxyl groups is 16. The van der Waals surface area contributed by atoms with E-state index in [1.54, 1.807) is 48.5 Å². The van der Waals surface area contributed by atoms with E-state index >= 15 is 0 Å². The molecule has 9 saturated heterocycles. The van der Waals surface area contributed by atoms with E-state index < -0.39 is 314 Å². The van der Waals surface area contributed by atoms with Gasteiger partial charge >= 0.3 is 0 Å². The van der Waals surface area contributed by atoms with Crippen molar-refractivity contribution in [3.05, 3.63) is 118 Å². The van der Waals surface area contributed by atoms with Crippen molar-refractivity contribution in [1.29, 1.82) is 0 Å². The standard InChI is InChI=1S/C89H137N3O37/c1-42-45(4)82(116-60(63(42)102)39-109-36-51-22-14-10-15-23-51)125-76-57(33-96)113-81(112-29-21-13-20-28-91-92-90)48(7)70(76)120-88-68(107)79(74(123-88)55(100)31-94)129-86-50(9)72(78(59(35-98)115-86)127-84-47(6)44(3)65(104)62(118-84)41-111-38-53-26-18-12-19-27-53)121-89-69(108)80(75(124-89)56(101)32-95)128-85-49(8)71(119-87-67(106)66(105)73(122-87)54(99)30-93)77(58(34-97)114-85)126-83-46(5)43(2)64(103)61(117-83)40-110-37-52-24-16-11-17-25-52/h10-12,14-19,22-27,42-50,54-89,93-108H,13,20-21,28-41H2,1-9H3/t42-,43-,44-,45?,46?,47?,48?,49?,50?,54-,55-,56-,57?,58?,59?,60?,61?,62?,63-,64-,65-,66?,67+,68+,69+,70-,71-,72-,73+,74+,75+,76+,77+,78+,79?,80?,81+,82-,83-,84-,85-,86-,87-,88-,89-/m1/s1. The number of hydrogen-bond acceptors (Lipinski definition) is 38. The first-order valence-corrected chi connectivity index (χ1v) is 45.1. The maximum atomic E-state index is 13.0. The number of azide groups is 1. The molecule has 16 N–H and O–H groups in total. The summed E-state index contributed by atoms with van der Waals surface area (Å²) in [6.45, 7) is 11.0. The summed E-state index contributed by atoms with van der Waals surface area (Å²) in [5, 5.41) is 188. The molecule has 9 aliphatic rings. The van der Waals surface area contributed by atoms with Crippen molar-refractivity contribution in [3.8, 4) is 0 Å². The zero-order valence-electron chi connectivity index (χ0n) is 74.2. The Morgan fingerprint density at radius 3 is 0.946 bits per heavy atom. The molecule has 0 aromatic heterocycles. The van der Waals surface area contributed by atoms with Gasteiger partial charge in [0.15, 0.2) is 56.6 Å². The Balaban J connectivity index is 0.833. The van der Waals surface area contributed by atoms with Crippen molar-refractivity contribution < 1.29 is 181 Å². The van der Waals surface area contributed by atoms with Gasteiger partial charge in [-0.25, -0.2) is 0 Å². The smallest absolute Gasteiger partial charge is 0.187 e. The van der Waals surface area contributed by atoms with Gasteiger partial charge in [0.1, 0.15) is 128 Å². The highest BCUT2D eigenvalue weighted by atomic mass is 16.8. The van der Waals surface area contributed by atoms with Crippen molar-refractivity contribution >= 4 is 0 Å². The normalized spacial score (nSPS) is 42.8. The minimum Gasteiger partial charge on any atom is -0.394 e. The molecule has 0 bridgehead atoms. The van der Waals surface area contributed by atoms with Crippen LogP contribution in [0.5, 0.6) is 0 Å². The molecular formula is C89H137N3O37. The van der Waals surface area contributed by atoms with Crippen LogP contribution in [0.1, 0.15) is 98.3 Å². The van der Waals surface area contributed by atoms with Gasteiger partial charge in [-0.3, -0.25) is 0 Å². The largest absolute Gasteiger partial charge is 0.394 e. The Hall–Kier alpha value is -4.51. The van der Waals surface area contributed by atoms with Crippen molar-refractivity contribution in [3.63, 3.8) is 0 Å². The van der Waals surface area contributed by atoms with E-state index in [0.717, 1.165) is 16.7 Å². The molecule has 0 aliphatic carbocycles. The lowest BCUT2D eigenvalue weighted by Gasteiger charge is -2.49. The van der Waals surface area contributed by atoms with Crippen LogP contribution in [0.25, 0.3) is 10.4 Å². The number of benzene rings is 3. The topological polar surface area (TPSA) is 566 Å². The summed E-state index contributed by atoms with van der Waals surface area (Å²) >= 11 is 0. The first-order valence-electron chi connectivity index (χ1n) is 45.1. The fourth-order valence-electron chi connectivity index (χ4n) is 18.3. The summed E-state index contributed by atoms with van der Waals surface area (Å²) in [4.78, 5) is 2.83. The maximum Gasteiger partial charge on any atom is 0.187 e. The van der Waals surface area contributed by atoms with Gasteiger partial charge in [0, 0.05) is 53.6 Å². The first-order chi connectivity index (χ1) is 62.1. The fourth-order valence-corrected chi connectivity index (χ4v) is 18.3. The fraction of sp³-hybridized carbons (Fsp3) is 0.798. The van der Waals surface area contributed by atoms with E-state index in [-0.39, 0.29) is 52.8 Å². The molecular weight excluding hydrogens is 1700 g/mol. The molecule has 0 saturated carbocycles. The molecule has 0 radical (unpaired) electrons. The lowest BCUT2D eigenvalue weighted by atomic mass is 9.84. The van der Waals surface area contributed by atoms with Gasteiger partial charge in [0.2, 0.25) is 0 Å². The Labute approximate surface area is 750 Å². The highest BCUT2D eigenvalue weighted by Gasteiger charge is 2.62. The monoisotopic (exact) mass is 1840 g/mol. The molecule has 9 aliphatic heterocycles. The van der Waals surface area contributed by atoms with E-state index in [0.29, 0.717) is 19.3 Å². The molecule has 730 valence electrons. The minimum atomic E-state index is -2.04. The second-order valence-corrected chi connectivity index (χ2v) is 35.8. The first kappa shape index (κ1) is 103. The number of hydrogen-bond donors (Lipinski definition) is 16. The number of ether oxygens (including phenoxy) is 21. The summed E-state index contributed by atoms with van der Waals surface area (Å²) in [5.41, 5.74) is 11.5. The Bertz CT molecular complexity index is 3780. The zero-order chi connectivity index (χ0) is 92.6. The average Bonchev–Trinajstić information content (AvgIpc) is 1.70. The van der Waals surface area contributed by atoms with Crippen molar-refractivity contribution in [2.75, 3.05) is 72.6 Å². The minimum absolute atomic E-state index is 0.0407. The molecule has 45 atom stereocenters. The lowest BCUT2D eigenvalue weighted by Crippen LogP contribution is -2.63. The zero-order valence-corrected chi connectivity index (χ0v) is 74.2. The quantitative estimate of drug-likeness (QED) is 0.0154. The Morgan fingerprint density at radius 2 is 0.605 bits per heavy atom. The second-order valence-electron chi connectivity index (χ2n) is 35.8. The van der Waals surface area contributed by atoms with E-state index in [1.807, 2.05) is 105 Å². The summed E-state index contributed by atoms with van der Waals surface area (Å²) in [7, 11) is 0. The molecule has 0 amide bonds. The van der Waals surface area contributed by atoms with Crippen LogP contribution < -0.4 is 0 Å². The van der Waals surface area contributed by atoms with E-state index in [9.17, 15) is 81.7 Å². The van der Waals surface area contributed by atoms with Crippen LogP contribution >= 0.6 is 0 Å². The molecule has 40 heteroatoms. The van der Waals surface area contributed by atoms with Gasteiger partial charge in [0.05, 0.1) is 116 Å². The SMILES string of the molecule is CC1[C@@H](O[C@H]2C(CO)O[C@H](OC3[C@H]([C@H](O)CO)O[C@@H](O[C@@H]4C(C)[C@@H](OC5[C@H]([C@H](O)CO)O[C@@H](O[C@@H]6C(C)[C@@H](OCCCCCN=[N+]=[N-])OC(CO)[C@@H]6O[C@H]6OC(COCc7ccccc7)[C@H](O)[C@H](C)C6C)[C@H]5O)OC(CO)[C@@H]4O[C@H]4OC(COCc5ccccc5)[C@H](O)[C@H](C)C4C)[C@H]3O)C(C)[C@H]2O[C@@H]2O[C@@H]([C@H](O)CO)C(O)[C@@H]2O)OC(COCc2ccccc2)[C@H](O)[C@@H]1C. The van der Waals surface area contributed by atoms with Gasteiger partial charge < -0.3 is 181 Å². The van der Waals surface area contributed by atoms with Crippen LogP contribution in [0, 0.1) is 53.3 Å². The van der Waals surface area contributed by atoms with Crippen LogP contribution in [0.4, 0.5) is 0 Å². The maximum absolute atomic E-state index is 13.0. The molecule has 12 rings (SSSR count). The molecule has 3 aromatic rings. The van der Waals surface area contributed by atoms with Gasteiger partial charge in [0.25, 0.3) is 0 Å². The van der Waals surface area contributed by atoms with Crippen LogP contribution in [-0.2, 0) is 119 Å². The summed E-state index contributed by atoms with van der Waals surface area (Å²) in [5.74, 6) is -6.52. The van der Waals surface area contributed by atoms with Crippen LogP contribution in [0.15, 0.2) is 96.1 Å². The third-order valence-corrected chi connectivity index (χ3v) is 27.0. The molecule has 3 aromatic carbocycles. The molecule has 0 spiro atoms. The van der Waals surface area contributed by atoms with Crippen LogP contribution in [-0.4, -0.2) is 376 Å². The van der Waals surface area contributed by atoms with Crippen LogP contribution in [0.3, 0.4) is 0 Å². The third-order valence-electron chi connectivity index (χ3n) is 27.0. The second kappa shape index (κ2) is 49.0. The number of rotatable bonds is 44. The third kappa shape index (κ3) is 24.9. The predicted octanol–water partition coefficient (Wildman–Crippen LogP) is 0.0274. The molecule has 40 nitrogen and oxygen atoms in total. The molecule has 15 unspecified atom stereocenters. The summed E-state index contributed by atoms with van der Waals surface area (Å²) in [6, 6.07) is 28.0.